The molecule has 176 valence electrons. The van der Waals surface area contributed by atoms with Gasteiger partial charge in [-0.15, -0.1) is 0 Å². The minimum absolute atomic E-state index is 0.342. The number of methoxy groups -OCH3 is 1. The van der Waals surface area contributed by atoms with E-state index in [0.717, 1.165) is 16.9 Å². The van der Waals surface area contributed by atoms with Crippen LogP contribution >= 0.6 is 0 Å². The Morgan fingerprint density at radius 3 is 2.25 bits per heavy atom. The second-order valence-electron chi connectivity index (χ2n) is 7.59. The molecule has 1 aliphatic rings. The van der Waals surface area contributed by atoms with Crippen LogP contribution in [0.2, 0.25) is 0 Å². The molecule has 1 saturated heterocycles. The number of ether oxygens (including phenoxy) is 4. The van der Waals surface area contributed by atoms with Crippen molar-refractivity contribution in [1.82, 2.24) is 0 Å². The van der Waals surface area contributed by atoms with E-state index in [9.17, 15) is 19.7 Å². The van der Waals surface area contributed by atoms with E-state index in [1.54, 1.807) is 19.2 Å². The van der Waals surface area contributed by atoms with Crippen LogP contribution in [-0.4, -0.2) is 66.7 Å². The van der Waals surface area contributed by atoms with Gasteiger partial charge in [0.2, 0.25) is 0 Å². The van der Waals surface area contributed by atoms with E-state index in [1.165, 1.54) is 0 Å². The first-order valence-electron chi connectivity index (χ1n) is 10.7. The average Bonchev–Trinajstić information content (AvgIpc) is 2.80. The van der Waals surface area contributed by atoms with Gasteiger partial charge in [0, 0.05) is 18.1 Å². The summed E-state index contributed by atoms with van der Waals surface area (Å²) in [6.45, 7) is 4.03. The van der Waals surface area contributed by atoms with Crippen molar-refractivity contribution in [3.63, 3.8) is 0 Å². The molecule has 0 aromatic heterocycles. The molecular formula is C24H31FO7. The standard InChI is InChI=1S/C24H31FO7/c1-4-30-16-8-6-14(7-9-16)10-15-11-17(19(31-5-2)12-18(15)29-3)24-23(28)22(27)21(25)20(13-26)32-24/h6-9,11-12,20-24,26-28H,4-5,10,13H2,1-3H3/t20-,21?,22+,23?,24+/m1/s1. The topological polar surface area (TPSA) is 97.6 Å². The maximum Gasteiger partial charge on any atom is 0.157 e. The first-order valence-corrected chi connectivity index (χ1v) is 10.7. The Balaban J connectivity index is 1.99. The lowest BCUT2D eigenvalue weighted by Gasteiger charge is -2.39. The lowest BCUT2D eigenvalue weighted by atomic mass is 9.89. The molecule has 1 heterocycles. The number of benzene rings is 2. The number of aliphatic hydroxyl groups is 3. The summed E-state index contributed by atoms with van der Waals surface area (Å²) >= 11 is 0. The Kier molecular flexibility index (Phi) is 8.31. The fourth-order valence-corrected chi connectivity index (χ4v) is 3.88. The molecule has 0 bridgehead atoms. The SMILES string of the molecule is CCOc1ccc(Cc2cc([C@@H]3O[C@H](CO)C(F)[C@H](O)C3O)c(OCC)cc2OC)cc1. The summed E-state index contributed by atoms with van der Waals surface area (Å²) in [6.07, 6.45) is -6.96. The predicted octanol–water partition coefficient (Wildman–Crippen LogP) is 2.58. The van der Waals surface area contributed by atoms with Gasteiger partial charge in [0.15, 0.2) is 6.17 Å². The molecule has 2 aromatic rings. The molecule has 0 aliphatic carbocycles. The normalized spacial score (nSPS) is 25.4. The number of hydrogen-bond acceptors (Lipinski definition) is 7. The zero-order valence-electron chi connectivity index (χ0n) is 18.5. The molecule has 3 rings (SSSR count). The van der Waals surface area contributed by atoms with Crippen LogP contribution < -0.4 is 14.2 Å². The highest BCUT2D eigenvalue weighted by Crippen LogP contribution is 2.41. The van der Waals surface area contributed by atoms with Gasteiger partial charge in [-0.2, -0.15) is 0 Å². The van der Waals surface area contributed by atoms with Crippen LogP contribution in [0, 0.1) is 0 Å². The van der Waals surface area contributed by atoms with Crippen molar-refractivity contribution in [2.45, 2.75) is 50.9 Å². The van der Waals surface area contributed by atoms with Crippen molar-refractivity contribution in [2.24, 2.45) is 0 Å². The quantitative estimate of drug-likeness (QED) is 0.540. The summed E-state index contributed by atoms with van der Waals surface area (Å²) in [4.78, 5) is 0. The summed E-state index contributed by atoms with van der Waals surface area (Å²) in [5.74, 6) is 1.75. The molecule has 0 amide bonds. The van der Waals surface area contributed by atoms with E-state index in [1.807, 2.05) is 38.1 Å². The van der Waals surface area contributed by atoms with Crippen LogP contribution in [0.4, 0.5) is 4.39 Å². The number of hydrogen-bond donors (Lipinski definition) is 3. The lowest BCUT2D eigenvalue weighted by Crippen LogP contribution is -2.53. The lowest BCUT2D eigenvalue weighted by molar-refractivity contribution is -0.214. The van der Waals surface area contributed by atoms with Crippen LogP contribution in [0.1, 0.15) is 36.6 Å². The van der Waals surface area contributed by atoms with Crippen molar-refractivity contribution in [3.05, 3.63) is 53.1 Å². The van der Waals surface area contributed by atoms with Gasteiger partial charge in [-0.05, 0) is 43.2 Å². The zero-order valence-corrected chi connectivity index (χ0v) is 18.5. The van der Waals surface area contributed by atoms with Crippen LogP contribution in [0.3, 0.4) is 0 Å². The van der Waals surface area contributed by atoms with Gasteiger partial charge in [-0.3, -0.25) is 0 Å². The molecule has 1 aliphatic heterocycles. The Hall–Kier alpha value is -2.39. The van der Waals surface area contributed by atoms with E-state index in [4.69, 9.17) is 18.9 Å². The molecule has 8 heteroatoms. The Morgan fingerprint density at radius 2 is 1.66 bits per heavy atom. The number of aliphatic hydroxyl groups excluding tert-OH is 3. The number of alkyl halides is 1. The summed E-state index contributed by atoms with van der Waals surface area (Å²) < 4.78 is 36.7. The molecule has 2 aromatic carbocycles. The molecule has 0 saturated carbocycles. The van der Waals surface area contributed by atoms with Gasteiger partial charge in [0.05, 0.1) is 26.9 Å². The summed E-state index contributed by atoms with van der Waals surface area (Å²) in [6, 6.07) is 11.1. The monoisotopic (exact) mass is 450 g/mol. The fourth-order valence-electron chi connectivity index (χ4n) is 3.88. The zero-order chi connectivity index (χ0) is 23.3. The average molecular weight is 451 g/mol. The second-order valence-corrected chi connectivity index (χ2v) is 7.59. The van der Waals surface area contributed by atoms with Gasteiger partial charge < -0.3 is 34.3 Å². The van der Waals surface area contributed by atoms with Crippen molar-refractivity contribution < 1.29 is 38.7 Å². The first-order chi connectivity index (χ1) is 15.4. The molecule has 5 atom stereocenters. The van der Waals surface area contributed by atoms with E-state index >= 15 is 0 Å². The summed E-state index contributed by atoms with van der Waals surface area (Å²) in [7, 11) is 1.55. The third-order valence-corrected chi connectivity index (χ3v) is 5.49. The Morgan fingerprint density at radius 1 is 0.969 bits per heavy atom. The summed E-state index contributed by atoms with van der Waals surface area (Å²) in [5, 5.41) is 30.2. The molecule has 7 nitrogen and oxygen atoms in total. The predicted molar refractivity (Wildman–Crippen MR) is 116 cm³/mol. The summed E-state index contributed by atoms with van der Waals surface area (Å²) in [5.41, 5.74) is 2.25. The van der Waals surface area contributed by atoms with E-state index in [2.05, 4.69) is 0 Å². The van der Waals surface area contributed by atoms with Crippen LogP contribution in [0.15, 0.2) is 36.4 Å². The van der Waals surface area contributed by atoms with Crippen LogP contribution in [-0.2, 0) is 11.2 Å². The highest BCUT2D eigenvalue weighted by atomic mass is 19.1. The molecule has 0 radical (unpaired) electrons. The van der Waals surface area contributed by atoms with Crippen molar-refractivity contribution in [1.29, 1.82) is 0 Å². The first kappa shape index (κ1) is 24.3. The maximum atomic E-state index is 14.2. The molecule has 32 heavy (non-hydrogen) atoms. The van der Waals surface area contributed by atoms with Gasteiger partial charge >= 0.3 is 0 Å². The third kappa shape index (κ3) is 5.15. The molecule has 3 N–H and O–H groups in total. The Labute approximate surface area is 187 Å². The molecule has 2 unspecified atom stereocenters. The molecule has 1 fully saturated rings. The minimum Gasteiger partial charge on any atom is -0.496 e. The molecule has 0 spiro atoms. The number of rotatable bonds is 9. The van der Waals surface area contributed by atoms with Gasteiger partial charge in [0.25, 0.3) is 0 Å². The van der Waals surface area contributed by atoms with E-state index in [-0.39, 0.29) is 0 Å². The van der Waals surface area contributed by atoms with Crippen molar-refractivity contribution in [2.75, 3.05) is 26.9 Å². The Bertz CT molecular complexity index is 871. The fraction of sp³-hybridized carbons (Fsp3) is 0.500. The van der Waals surface area contributed by atoms with Gasteiger partial charge in [0.1, 0.15) is 41.7 Å². The van der Waals surface area contributed by atoms with Crippen molar-refractivity contribution >= 4 is 0 Å². The van der Waals surface area contributed by atoms with Crippen LogP contribution in [0.25, 0.3) is 0 Å². The van der Waals surface area contributed by atoms with Gasteiger partial charge in [-0.1, -0.05) is 12.1 Å². The van der Waals surface area contributed by atoms with Crippen LogP contribution in [0.5, 0.6) is 17.2 Å². The van der Waals surface area contributed by atoms with E-state index in [0.29, 0.717) is 36.7 Å². The van der Waals surface area contributed by atoms with Crippen molar-refractivity contribution in [3.8, 4) is 17.2 Å². The maximum absolute atomic E-state index is 14.2. The second kappa shape index (κ2) is 11.0. The largest absolute Gasteiger partial charge is 0.496 e. The number of halogens is 1. The minimum atomic E-state index is -1.90. The smallest absolute Gasteiger partial charge is 0.157 e. The van der Waals surface area contributed by atoms with E-state index < -0.39 is 37.2 Å². The van der Waals surface area contributed by atoms with Gasteiger partial charge in [-0.25, -0.2) is 4.39 Å². The third-order valence-electron chi connectivity index (χ3n) is 5.49. The highest BCUT2D eigenvalue weighted by Gasteiger charge is 2.46. The molecular weight excluding hydrogens is 419 g/mol. The highest BCUT2D eigenvalue weighted by molar-refractivity contribution is 5.50.